The Morgan fingerprint density at radius 1 is 1.50 bits per heavy atom. The Balaban J connectivity index is 2.39. The Morgan fingerprint density at radius 3 is 2.89 bits per heavy atom. The molecule has 0 radical (unpaired) electrons. The number of aryl methyl sites for hydroxylation is 1. The maximum Gasteiger partial charge on any atom is 0.355 e. The van der Waals surface area contributed by atoms with E-state index in [2.05, 4.69) is 4.98 Å². The van der Waals surface area contributed by atoms with Gasteiger partial charge in [-0.2, -0.15) is 0 Å². The van der Waals surface area contributed by atoms with Gasteiger partial charge >= 0.3 is 5.97 Å². The van der Waals surface area contributed by atoms with Crippen LogP contribution < -0.4 is 0 Å². The molecule has 0 aliphatic carbocycles. The lowest BCUT2D eigenvalue weighted by molar-refractivity contribution is 0.0690. The number of carboxylic acids is 1. The maximum absolute atomic E-state index is 11.0. The SMILES string of the molecule is COCc1cccc(-c2nc(C(=O)O)c(C)s2)c1. The van der Waals surface area contributed by atoms with Crippen LogP contribution in [0.15, 0.2) is 24.3 Å². The van der Waals surface area contributed by atoms with Gasteiger partial charge < -0.3 is 9.84 Å². The van der Waals surface area contributed by atoms with Crippen molar-refractivity contribution < 1.29 is 14.6 Å². The lowest BCUT2D eigenvalue weighted by atomic mass is 10.1. The Hall–Kier alpha value is -1.72. The van der Waals surface area contributed by atoms with E-state index >= 15 is 0 Å². The Kier molecular flexibility index (Phi) is 3.74. The average Bonchev–Trinajstić information content (AvgIpc) is 2.72. The average molecular weight is 263 g/mol. The van der Waals surface area contributed by atoms with E-state index in [9.17, 15) is 4.79 Å². The van der Waals surface area contributed by atoms with Gasteiger partial charge in [-0.1, -0.05) is 18.2 Å². The molecule has 2 aromatic rings. The molecule has 0 bridgehead atoms. The first kappa shape index (κ1) is 12.7. The van der Waals surface area contributed by atoms with E-state index in [1.165, 1.54) is 11.3 Å². The molecule has 18 heavy (non-hydrogen) atoms. The summed E-state index contributed by atoms with van der Waals surface area (Å²) in [5.41, 5.74) is 2.09. The Morgan fingerprint density at radius 2 is 2.28 bits per heavy atom. The monoisotopic (exact) mass is 263 g/mol. The summed E-state index contributed by atoms with van der Waals surface area (Å²) >= 11 is 1.39. The summed E-state index contributed by atoms with van der Waals surface area (Å²) in [4.78, 5) is 15.8. The molecule has 2 rings (SSSR count). The Bertz CT molecular complexity index is 577. The van der Waals surface area contributed by atoms with Gasteiger partial charge in [0.25, 0.3) is 0 Å². The number of aromatic carboxylic acids is 1. The third-order valence-corrected chi connectivity index (χ3v) is 3.50. The van der Waals surface area contributed by atoms with Gasteiger partial charge in [0.2, 0.25) is 0 Å². The van der Waals surface area contributed by atoms with Gasteiger partial charge in [-0.3, -0.25) is 0 Å². The van der Waals surface area contributed by atoms with Gasteiger partial charge in [0.05, 0.1) is 6.61 Å². The van der Waals surface area contributed by atoms with E-state index in [0.29, 0.717) is 6.61 Å². The molecule has 0 fully saturated rings. The molecule has 0 atom stereocenters. The largest absolute Gasteiger partial charge is 0.476 e. The van der Waals surface area contributed by atoms with Crippen LogP contribution in [-0.2, 0) is 11.3 Å². The van der Waals surface area contributed by atoms with Crippen LogP contribution in [0.1, 0.15) is 20.9 Å². The van der Waals surface area contributed by atoms with Crippen molar-refractivity contribution in [3.8, 4) is 10.6 Å². The quantitative estimate of drug-likeness (QED) is 0.921. The number of aromatic nitrogens is 1. The molecule has 5 heteroatoms. The number of thiazole rings is 1. The molecule has 0 saturated heterocycles. The summed E-state index contributed by atoms with van der Waals surface area (Å²) in [5.74, 6) is -0.983. The van der Waals surface area contributed by atoms with Crippen molar-refractivity contribution in [2.24, 2.45) is 0 Å². The molecule has 1 aromatic carbocycles. The molecule has 94 valence electrons. The fourth-order valence-electron chi connectivity index (χ4n) is 1.68. The first-order valence-electron chi connectivity index (χ1n) is 5.41. The number of rotatable bonds is 4. The normalized spacial score (nSPS) is 10.6. The molecule has 1 heterocycles. The summed E-state index contributed by atoms with van der Waals surface area (Å²) < 4.78 is 5.07. The van der Waals surface area contributed by atoms with Crippen LogP contribution in [0, 0.1) is 6.92 Å². The molecule has 1 aromatic heterocycles. The fraction of sp³-hybridized carbons (Fsp3) is 0.231. The first-order chi connectivity index (χ1) is 8.61. The van der Waals surface area contributed by atoms with Gasteiger partial charge in [0, 0.05) is 17.6 Å². The van der Waals surface area contributed by atoms with Crippen molar-refractivity contribution in [2.75, 3.05) is 7.11 Å². The molecular formula is C13H13NO3S. The summed E-state index contributed by atoms with van der Waals surface area (Å²) in [6, 6.07) is 7.77. The highest BCUT2D eigenvalue weighted by Gasteiger charge is 2.15. The molecule has 0 unspecified atom stereocenters. The van der Waals surface area contributed by atoms with Gasteiger partial charge in [-0.05, 0) is 18.6 Å². The minimum absolute atomic E-state index is 0.132. The smallest absolute Gasteiger partial charge is 0.355 e. The maximum atomic E-state index is 11.0. The van der Waals surface area contributed by atoms with E-state index < -0.39 is 5.97 Å². The van der Waals surface area contributed by atoms with Crippen molar-refractivity contribution in [3.63, 3.8) is 0 Å². The number of hydrogen-bond donors (Lipinski definition) is 1. The Labute approximate surface area is 109 Å². The molecule has 0 aliphatic heterocycles. The number of carboxylic acid groups (broad SMARTS) is 1. The molecule has 0 amide bonds. The minimum Gasteiger partial charge on any atom is -0.476 e. The number of benzene rings is 1. The van der Waals surface area contributed by atoms with Crippen LogP contribution in [0.3, 0.4) is 0 Å². The molecule has 4 nitrogen and oxygen atoms in total. The summed E-state index contributed by atoms with van der Waals surface area (Å²) in [5, 5.41) is 9.71. The van der Waals surface area contributed by atoms with Gasteiger partial charge in [0.1, 0.15) is 5.01 Å². The lowest BCUT2D eigenvalue weighted by Gasteiger charge is -2.01. The molecular weight excluding hydrogens is 250 g/mol. The zero-order valence-corrected chi connectivity index (χ0v) is 11.0. The molecule has 1 N–H and O–H groups in total. The van der Waals surface area contributed by atoms with E-state index in [1.54, 1.807) is 14.0 Å². The third kappa shape index (κ3) is 2.57. The van der Waals surface area contributed by atoms with Gasteiger partial charge in [-0.25, -0.2) is 9.78 Å². The van der Waals surface area contributed by atoms with E-state index in [1.807, 2.05) is 24.3 Å². The second-order valence-corrected chi connectivity index (χ2v) is 5.07. The van der Waals surface area contributed by atoms with E-state index in [4.69, 9.17) is 9.84 Å². The van der Waals surface area contributed by atoms with Crippen LogP contribution >= 0.6 is 11.3 Å². The molecule has 0 saturated carbocycles. The second kappa shape index (κ2) is 5.29. The third-order valence-electron chi connectivity index (χ3n) is 2.48. The van der Waals surface area contributed by atoms with E-state index in [0.717, 1.165) is 21.0 Å². The number of hydrogen-bond acceptors (Lipinski definition) is 4. The highest BCUT2D eigenvalue weighted by atomic mass is 32.1. The van der Waals surface area contributed by atoms with Crippen LogP contribution in [0.25, 0.3) is 10.6 Å². The van der Waals surface area contributed by atoms with Crippen LogP contribution in [0.2, 0.25) is 0 Å². The molecule has 0 spiro atoms. The first-order valence-corrected chi connectivity index (χ1v) is 6.22. The zero-order valence-electron chi connectivity index (χ0n) is 10.1. The predicted octanol–water partition coefficient (Wildman–Crippen LogP) is 2.96. The number of carbonyl (C=O) groups is 1. The van der Waals surface area contributed by atoms with Crippen molar-refractivity contribution >= 4 is 17.3 Å². The fourth-order valence-corrected chi connectivity index (χ4v) is 2.58. The summed E-state index contributed by atoms with van der Waals surface area (Å²) in [6.07, 6.45) is 0. The van der Waals surface area contributed by atoms with Gasteiger partial charge in [0.15, 0.2) is 5.69 Å². The molecule has 0 aliphatic rings. The highest BCUT2D eigenvalue weighted by Crippen LogP contribution is 2.28. The van der Waals surface area contributed by atoms with Crippen molar-refractivity contribution in [2.45, 2.75) is 13.5 Å². The number of methoxy groups -OCH3 is 1. The van der Waals surface area contributed by atoms with Crippen LogP contribution in [-0.4, -0.2) is 23.2 Å². The van der Waals surface area contributed by atoms with Gasteiger partial charge in [-0.15, -0.1) is 11.3 Å². The predicted molar refractivity (Wildman–Crippen MR) is 70.0 cm³/mol. The van der Waals surface area contributed by atoms with Crippen LogP contribution in [0.4, 0.5) is 0 Å². The summed E-state index contributed by atoms with van der Waals surface area (Å²) in [7, 11) is 1.64. The topological polar surface area (TPSA) is 59.4 Å². The minimum atomic E-state index is -0.983. The lowest BCUT2D eigenvalue weighted by Crippen LogP contribution is -1.98. The van der Waals surface area contributed by atoms with Crippen LogP contribution in [0.5, 0.6) is 0 Å². The number of nitrogens with zero attached hydrogens (tertiary/aromatic N) is 1. The number of ether oxygens (including phenoxy) is 1. The second-order valence-electron chi connectivity index (χ2n) is 3.86. The summed E-state index contributed by atoms with van der Waals surface area (Å²) in [6.45, 7) is 2.30. The van der Waals surface area contributed by atoms with E-state index in [-0.39, 0.29) is 5.69 Å². The van der Waals surface area contributed by atoms with Crippen molar-refractivity contribution in [1.29, 1.82) is 0 Å². The highest BCUT2D eigenvalue weighted by molar-refractivity contribution is 7.15. The van der Waals surface area contributed by atoms with Crippen molar-refractivity contribution in [1.82, 2.24) is 4.98 Å². The zero-order chi connectivity index (χ0) is 13.1. The van der Waals surface area contributed by atoms with Crippen molar-refractivity contribution in [3.05, 3.63) is 40.4 Å². The standard InChI is InChI=1S/C13H13NO3S/c1-8-11(13(15)16)14-12(18-8)10-5-3-4-9(6-10)7-17-2/h3-6H,7H2,1-2H3,(H,15,16).